The van der Waals surface area contributed by atoms with Crippen molar-refractivity contribution in [3.05, 3.63) is 108 Å². The number of benzene rings is 4. The largest absolute Gasteiger partial charge is 0.497 e. The zero-order valence-electron chi connectivity index (χ0n) is 25.3. The average Bonchev–Trinajstić information content (AvgIpc) is 2.98. The minimum Gasteiger partial charge on any atom is -0.497 e. The van der Waals surface area contributed by atoms with Crippen LogP contribution in [0.15, 0.2) is 102 Å². The molecule has 4 rings (SSSR count). The molecule has 2 amide bonds. The molecular weight excluding hydrogens is 562 g/mol. The van der Waals surface area contributed by atoms with Crippen LogP contribution in [0.4, 0.5) is 0 Å². The molecule has 0 saturated heterocycles. The molecule has 1 atom stereocenters. The van der Waals surface area contributed by atoms with Gasteiger partial charge >= 0.3 is 0 Å². The van der Waals surface area contributed by atoms with Crippen LogP contribution in [-0.4, -0.2) is 61.7 Å². The number of nitrogens with zero attached hydrogens (tertiary/aromatic N) is 2. The second kappa shape index (κ2) is 13.4. The summed E-state index contributed by atoms with van der Waals surface area (Å²) >= 11 is 0. The van der Waals surface area contributed by atoms with Gasteiger partial charge in [-0.15, -0.1) is 0 Å². The molecule has 0 spiro atoms. The van der Waals surface area contributed by atoms with Crippen molar-refractivity contribution in [1.29, 1.82) is 0 Å². The number of likely N-dealkylation sites (N-methyl/N-ethyl adjacent to an activating group) is 1. The molecule has 9 heteroatoms. The normalized spacial score (nSPS) is 12.6. The van der Waals surface area contributed by atoms with Crippen LogP contribution in [0.3, 0.4) is 0 Å². The minimum atomic E-state index is -4.01. The first-order valence-electron chi connectivity index (χ1n) is 14.1. The van der Waals surface area contributed by atoms with Crippen molar-refractivity contribution in [2.24, 2.45) is 0 Å². The van der Waals surface area contributed by atoms with Crippen LogP contribution < -0.4 is 10.1 Å². The molecule has 0 radical (unpaired) electrons. The third kappa shape index (κ3) is 8.21. The van der Waals surface area contributed by atoms with Gasteiger partial charge in [0.2, 0.25) is 21.8 Å². The monoisotopic (exact) mass is 601 g/mol. The van der Waals surface area contributed by atoms with E-state index in [0.717, 1.165) is 26.2 Å². The molecular formula is C34H39N3O5S. The lowest BCUT2D eigenvalue weighted by atomic mass is 10.0. The highest BCUT2D eigenvalue weighted by atomic mass is 32.2. The van der Waals surface area contributed by atoms with Gasteiger partial charge in [0.05, 0.1) is 18.6 Å². The average molecular weight is 602 g/mol. The number of rotatable bonds is 11. The third-order valence-corrected chi connectivity index (χ3v) is 8.84. The molecule has 4 aromatic rings. The van der Waals surface area contributed by atoms with Crippen LogP contribution in [-0.2, 0) is 32.6 Å². The Morgan fingerprint density at radius 1 is 0.837 bits per heavy atom. The summed E-state index contributed by atoms with van der Waals surface area (Å²) in [6.07, 6.45) is 0.250. The van der Waals surface area contributed by atoms with Crippen molar-refractivity contribution in [2.75, 3.05) is 20.7 Å². The van der Waals surface area contributed by atoms with Crippen LogP contribution >= 0.6 is 0 Å². The van der Waals surface area contributed by atoms with Crippen molar-refractivity contribution in [3.8, 4) is 5.75 Å². The first-order valence-corrected chi connectivity index (χ1v) is 15.5. The van der Waals surface area contributed by atoms with Crippen molar-refractivity contribution < 1.29 is 22.7 Å². The van der Waals surface area contributed by atoms with Crippen LogP contribution in [0.2, 0.25) is 0 Å². The van der Waals surface area contributed by atoms with E-state index in [-0.39, 0.29) is 23.8 Å². The standard InChI is InChI=1S/C34H39N3O5S/c1-34(2,3)35-33(39)31(21-25-12-7-6-8-13-25)37(23-26-14-11-17-29(20-26)42-5)32(38)24-36(4)43(40,41)30-19-18-27-15-9-10-16-28(27)22-30/h6-20,22,31H,21,23-24H2,1-5H3,(H,35,39). The molecule has 1 unspecified atom stereocenters. The van der Waals surface area contributed by atoms with E-state index >= 15 is 0 Å². The highest BCUT2D eigenvalue weighted by molar-refractivity contribution is 7.89. The highest BCUT2D eigenvalue weighted by Gasteiger charge is 2.34. The Morgan fingerprint density at radius 2 is 1.49 bits per heavy atom. The number of carbonyl (C=O) groups excluding carboxylic acids is 2. The molecule has 0 aliphatic heterocycles. The van der Waals surface area contributed by atoms with Gasteiger partial charge in [0.1, 0.15) is 11.8 Å². The molecule has 1 N–H and O–H groups in total. The number of sulfonamides is 1. The summed E-state index contributed by atoms with van der Waals surface area (Å²) in [6.45, 7) is 5.26. The molecule has 0 saturated carbocycles. The summed E-state index contributed by atoms with van der Waals surface area (Å²) in [6, 6.07) is 28.2. The summed E-state index contributed by atoms with van der Waals surface area (Å²) in [5, 5.41) is 4.72. The molecule has 0 aliphatic rings. The summed E-state index contributed by atoms with van der Waals surface area (Å²) in [5.41, 5.74) is 1.07. The predicted molar refractivity (Wildman–Crippen MR) is 169 cm³/mol. The molecule has 0 bridgehead atoms. The highest BCUT2D eigenvalue weighted by Crippen LogP contribution is 2.23. The Kier molecular flexibility index (Phi) is 9.88. The summed E-state index contributed by atoms with van der Waals surface area (Å²) in [4.78, 5) is 29.5. The first-order chi connectivity index (χ1) is 20.4. The maximum Gasteiger partial charge on any atom is 0.243 e. The van der Waals surface area contributed by atoms with E-state index in [0.29, 0.717) is 5.75 Å². The van der Waals surface area contributed by atoms with Crippen LogP contribution in [0.1, 0.15) is 31.9 Å². The van der Waals surface area contributed by atoms with Crippen LogP contribution in [0.25, 0.3) is 10.8 Å². The maximum absolute atomic E-state index is 14.1. The Morgan fingerprint density at radius 3 is 2.16 bits per heavy atom. The topological polar surface area (TPSA) is 96.0 Å². The number of carbonyl (C=O) groups is 2. The number of amides is 2. The quantitative estimate of drug-likeness (QED) is 0.260. The van der Waals surface area contributed by atoms with E-state index in [1.54, 1.807) is 37.4 Å². The van der Waals surface area contributed by atoms with Crippen molar-refractivity contribution in [3.63, 3.8) is 0 Å². The van der Waals surface area contributed by atoms with Gasteiger partial charge in [0.15, 0.2) is 0 Å². The molecule has 0 fully saturated rings. The van der Waals surface area contributed by atoms with Crippen molar-refractivity contribution in [1.82, 2.24) is 14.5 Å². The number of nitrogens with one attached hydrogen (secondary N) is 1. The molecule has 0 heterocycles. The fourth-order valence-corrected chi connectivity index (χ4v) is 6.00. The SMILES string of the molecule is COc1cccc(CN(C(=O)CN(C)S(=O)(=O)c2ccc3ccccc3c2)C(Cc2ccccc2)C(=O)NC(C)(C)C)c1. The van der Waals surface area contributed by atoms with Crippen LogP contribution in [0, 0.1) is 0 Å². The fourth-order valence-electron chi connectivity index (χ4n) is 4.85. The minimum absolute atomic E-state index is 0.0783. The van der Waals surface area contributed by atoms with Gasteiger partial charge < -0.3 is 15.0 Å². The van der Waals surface area contributed by atoms with E-state index in [2.05, 4.69) is 5.32 Å². The van der Waals surface area contributed by atoms with Gasteiger partial charge in [-0.3, -0.25) is 9.59 Å². The number of hydrogen-bond acceptors (Lipinski definition) is 5. The zero-order valence-corrected chi connectivity index (χ0v) is 26.1. The fraction of sp³-hybridized carbons (Fsp3) is 0.294. The van der Waals surface area contributed by atoms with E-state index in [1.165, 1.54) is 11.9 Å². The molecule has 0 aliphatic carbocycles. The smallest absolute Gasteiger partial charge is 0.243 e. The molecule has 226 valence electrons. The first kappa shape index (κ1) is 31.7. The number of methoxy groups -OCH3 is 1. The van der Waals surface area contributed by atoms with Gasteiger partial charge in [-0.05, 0) is 66.9 Å². The number of ether oxygens (including phenoxy) is 1. The van der Waals surface area contributed by atoms with Gasteiger partial charge in [0, 0.05) is 25.6 Å². The van der Waals surface area contributed by atoms with E-state index < -0.39 is 34.1 Å². The summed E-state index contributed by atoms with van der Waals surface area (Å²) in [5.74, 6) is -0.216. The lowest BCUT2D eigenvalue weighted by Gasteiger charge is -2.34. The van der Waals surface area contributed by atoms with Crippen molar-refractivity contribution >= 4 is 32.6 Å². The Balaban J connectivity index is 1.70. The lowest BCUT2D eigenvalue weighted by molar-refractivity contribution is -0.141. The predicted octanol–water partition coefficient (Wildman–Crippen LogP) is 5.02. The molecule has 8 nitrogen and oxygen atoms in total. The Bertz CT molecular complexity index is 1680. The summed E-state index contributed by atoms with van der Waals surface area (Å²) in [7, 11) is -1.07. The third-order valence-electron chi connectivity index (χ3n) is 7.04. The maximum atomic E-state index is 14.1. The molecule has 0 aromatic heterocycles. The van der Waals surface area contributed by atoms with Crippen LogP contribution in [0.5, 0.6) is 5.75 Å². The molecule has 4 aromatic carbocycles. The second-order valence-corrected chi connectivity index (χ2v) is 13.6. The summed E-state index contributed by atoms with van der Waals surface area (Å²) < 4.78 is 33.7. The second-order valence-electron chi connectivity index (χ2n) is 11.6. The number of fused-ring (bicyclic) bond motifs is 1. The van der Waals surface area contributed by atoms with Gasteiger partial charge in [-0.25, -0.2) is 8.42 Å². The van der Waals surface area contributed by atoms with E-state index in [4.69, 9.17) is 4.74 Å². The van der Waals surface area contributed by atoms with Gasteiger partial charge in [-0.2, -0.15) is 4.31 Å². The van der Waals surface area contributed by atoms with Gasteiger partial charge in [-0.1, -0.05) is 72.8 Å². The molecule has 43 heavy (non-hydrogen) atoms. The van der Waals surface area contributed by atoms with Crippen molar-refractivity contribution in [2.45, 2.75) is 50.2 Å². The Hall–Kier alpha value is -4.21. The lowest BCUT2D eigenvalue weighted by Crippen LogP contribution is -2.56. The Labute approximate surface area is 254 Å². The zero-order chi connectivity index (χ0) is 31.2. The number of hydrogen-bond donors (Lipinski definition) is 1. The van der Waals surface area contributed by atoms with E-state index in [1.807, 2.05) is 87.5 Å². The van der Waals surface area contributed by atoms with E-state index in [9.17, 15) is 18.0 Å². The van der Waals surface area contributed by atoms with Gasteiger partial charge in [0.25, 0.3) is 0 Å².